The van der Waals surface area contributed by atoms with E-state index in [0.29, 0.717) is 5.56 Å². The molecule has 1 amide bonds. The predicted molar refractivity (Wildman–Crippen MR) is 62.9 cm³/mol. The van der Waals surface area contributed by atoms with Crippen LogP contribution in [0.5, 0.6) is 0 Å². The maximum absolute atomic E-state index is 12.5. The molecule has 1 aromatic rings. The Morgan fingerprint density at radius 2 is 1.85 bits per heavy atom. The van der Waals surface area contributed by atoms with Crippen LogP contribution in [0.1, 0.15) is 23.5 Å². The number of carbonyl (C=O) groups excluding carboxylic acids is 1. The third kappa shape index (κ3) is 2.92. The van der Waals surface area contributed by atoms with E-state index in [4.69, 9.17) is 5.11 Å². The zero-order valence-electron chi connectivity index (χ0n) is 10.3. The summed E-state index contributed by atoms with van der Waals surface area (Å²) in [5, 5.41) is 11.6. The van der Waals surface area contributed by atoms with Crippen molar-refractivity contribution in [2.45, 2.75) is 18.5 Å². The average Bonchev–Trinajstić information content (AvgIpc) is 2.37. The van der Waals surface area contributed by atoms with E-state index in [0.717, 1.165) is 12.1 Å². The molecule has 1 aliphatic heterocycles. The summed E-state index contributed by atoms with van der Waals surface area (Å²) in [5.41, 5.74) is -0.307. The Bertz CT molecular complexity index is 525. The van der Waals surface area contributed by atoms with E-state index in [9.17, 15) is 22.8 Å². The summed E-state index contributed by atoms with van der Waals surface area (Å²) in [5.74, 6) is -2.92. The van der Waals surface area contributed by atoms with Gasteiger partial charge in [-0.25, -0.2) is 0 Å². The topological polar surface area (TPSA) is 66.4 Å². The Hall–Kier alpha value is -2.05. The third-order valence-corrected chi connectivity index (χ3v) is 3.39. The van der Waals surface area contributed by atoms with Crippen LogP contribution >= 0.6 is 0 Å². The van der Waals surface area contributed by atoms with Gasteiger partial charge < -0.3 is 10.4 Å². The van der Waals surface area contributed by atoms with Gasteiger partial charge in [0.05, 0.1) is 11.5 Å². The van der Waals surface area contributed by atoms with E-state index < -0.39 is 29.5 Å². The number of benzene rings is 1. The Kier molecular flexibility index (Phi) is 3.69. The molecule has 0 aliphatic carbocycles. The SMILES string of the molecule is O=C1CC(C(=O)O)C(c2ccc(C(F)(F)F)cc2)CN1. The molecule has 0 spiro atoms. The lowest BCUT2D eigenvalue weighted by Crippen LogP contribution is -2.42. The van der Waals surface area contributed by atoms with Crippen LogP contribution in [0.4, 0.5) is 13.2 Å². The highest BCUT2D eigenvalue weighted by Gasteiger charge is 2.36. The van der Waals surface area contributed by atoms with Gasteiger partial charge in [0.2, 0.25) is 5.91 Å². The van der Waals surface area contributed by atoms with Gasteiger partial charge in [-0.1, -0.05) is 12.1 Å². The number of amides is 1. The van der Waals surface area contributed by atoms with E-state index in [1.165, 1.54) is 12.1 Å². The van der Waals surface area contributed by atoms with Crippen molar-refractivity contribution in [1.29, 1.82) is 0 Å². The Labute approximate surface area is 112 Å². The van der Waals surface area contributed by atoms with Crippen molar-refractivity contribution in [1.82, 2.24) is 5.32 Å². The Balaban J connectivity index is 2.25. The van der Waals surface area contributed by atoms with Crippen LogP contribution in [0.3, 0.4) is 0 Å². The minimum absolute atomic E-state index is 0.112. The van der Waals surface area contributed by atoms with Crippen LogP contribution in [0.2, 0.25) is 0 Å². The number of piperidine rings is 1. The van der Waals surface area contributed by atoms with Crippen LogP contribution in [0.15, 0.2) is 24.3 Å². The molecule has 2 N–H and O–H groups in total. The van der Waals surface area contributed by atoms with E-state index in [2.05, 4.69) is 5.32 Å². The molecule has 2 atom stereocenters. The number of rotatable bonds is 2. The van der Waals surface area contributed by atoms with Crippen molar-refractivity contribution in [3.8, 4) is 0 Å². The van der Waals surface area contributed by atoms with Gasteiger partial charge in [-0.15, -0.1) is 0 Å². The molecule has 0 saturated carbocycles. The number of hydrogen-bond donors (Lipinski definition) is 2. The van der Waals surface area contributed by atoms with Crippen LogP contribution in [-0.2, 0) is 15.8 Å². The molecule has 1 fully saturated rings. The van der Waals surface area contributed by atoms with E-state index in [-0.39, 0.29) is 18.9 Å². The molecule has 2 rings (SSSR count). The molecule has 0 radical (unpaired) electrons. The van der Waals surface area contributed by atoms with Gasteiger partial charge in [0.15, 0.2) is 0 Å². The molecule has 0 bridgehead atoms. The van der Waals surface area contributed by atoms with Gasteiger partial charge >= 0.3 is 12.1 Å². The smallest absolute Gasteiger partial charge is 0.416 e. The van der Waals surface area contributed by atoms with Gasteiger partial charge in [-0.2, -0.15) is 13.2 Å². The lowest BCUT2D eigenvalue weighted by Gasteiger charge is -2.29. The van der Waals surface area contributed by atoms with Crippen molar-refractivity contribution in [3.63, 3.8) is 0 Å². The number of hydrogen-bond acceptors (Lipinski definition) is 2. The van der Waals surface area contributed by atoms with Gasteiger partial charge in [-0.05, 0) is 17.7 Å². The van der Waals surface area contributed by atoms with Crippen LogP contribution < -0.4 is 5.32 Å². The normalized spacial score (nSPS) is 23.2. The molecule has 4 nitrogen and oxygen atoms in total. The van der Waals surface area contributed by atoms with E-state index >= 15 is 0 Å². The van der Waals surface area contributed by atoms with Crippen molar-refractivity contribution >= 4 is 11.9 Å². The largest absolute Gasteiger partial charge is 0.481 e. The first kappa shape index (κ1) is 14.4. The molecule has 1 aliphatic rings. The monoisotopic (exact) mass is 287 g/mol. The van der Waals surface area contributed by atoms with Crippen molar-refractivity contribution in [3.05, 3.63) is 35.4 Å². The maximum atomic E-state index is 12.5. The molecule has 1 aromatic carbocycles. The number of nitrogens with one attached hydrogen (secondary N) is 1. The van der Waals surface area contributed by atoms with Crippen LogP contribution in [0, 0.1) is 5.92 Å². The van der Waals surface area contributed by atoms with Gasteiger partial charge in [0, 0.05) is 18.9 Å². The average molecular weight is 287 g/mol. The summed E-state index contributed by atoms with van der Waals surface area (Å²) >= 11 is 0. The van der Waals surface area contributed by atoms with Gasteiger partial charge in [-0.3, -0.25) is 9.59 Å². The standard InChI is InChI=1S/C13H12F3NO3/c14-13(15,16)8-3-1-7(2-4-8)10-6-17-11(18)5-9(10)12(19)20/h1-4,9-10H,5-6H2,(H,17,18)(H,19,20). The second-order valence-corrected chi connectivity index (χ2v) is 4.68. The highest BCUT2D eigenvalue weighted by atomic mass is 19.4. The molecule has 0 aromatic heterocycles. The second-order valence-electron chi connectivity index (χ2n) is 4.68. The molecule has 108 valence electrons. The van der Waals surface area contributed by atoms with E-state index in [1.54, 1.807) is 0 Å². The summed E-state index contributed by atoms with van der Waals surface area (Å²) in [6.07, 6.45) is -4.59. The fraction of sp³-hybridized carbons (Fsp3) is 0.385. The van der Waals surface area contributed by atoms with Gasteiger partial charge in [0.1, 0.15) is 0 Å². The number of carboxylic acid groups (broad SMARTS) is 1. The van der Waals surface area contributed by atoms with Crippen molar-refractivity contribution in [2.24, 2.45) is 5.92 Å². The minimum Gasteiger partial charge on any atom is -0.481 e. The molecule has 2 unspecified atom stereocenters. The first-order valence-electron chi connectivity index (χ1n) is 5.95. The lowest BCUT2D eigenvalue weighted by atomic mass is 9.81. The number of halogens is 3. The third-order valence-electron chi connectivity index (χ3n) is 3.39. The number of carbonyl (C=O) groups is 2. The van der Waals surface area contributed by atoms with Crippen molar-refractivity contribution < 1.29 is 27.9 Å². The Morgan fingerprint density at radius 3 is 2.35 bits per heavy atom. The second kappa shape index (κ2) is 5.15. The first-order chi connectivity index (χ1) is 9.29. The van der Waals surface area contributed by atoms with Crippen LogP contribution in [-0.4, -0.2) is 23.5 Å². The highest BCUT2D eigenvalue weighted by molar-refractivity contribution is 5.84. The molecular formula is C13H12F3NO3. The Morgan fingerprint density at radius 1 is 1.25 bits per heavy atom. The highest BCUT2D eigenvalue weighted by Crippen LogP contribution is 2.33. The molecule has 1 saturated heterocycles. The van der Waals surface area contributed by atoms with Gasteiger partial charge in [0.25, 0.3) is 0 Å². The zero-order chi connectivity index (χ0) is 14.9. The number of carboxylic acids is 1. The molecule has 7 heteroatoms. The van der Waals surface area contributed by atoms with E-state index in [1.807, 2.05) is 0 Å². The summed E-state index contributed by atoms with van der Waals surface area (Å²) < 4.78 is 37.4. The molecular weight excluding hydrogens is 275 g/mol. The quantitative estimate of drug-likeness (QED) is 0.874. The predicted octanol–water partition coefficient (Wildman–Crippen LogP) is 2.01. The summed E-state index contributed by atoms with van der Waals surface area (Å²) in [6.45, 7) is 0.112. The fourth-order valence-electron chi connectivity index (χ4n) is 2.31. The van der Waals surface area contributed by atoms with Crippen molar-refractivity contribution in [2.75, 3.05) is 6.54 Å². The maximum Gasteiger partial charge on any atom is 0.416 e. The van der Waals surface area contributed by atoms with Crippen LogP contribution in [0.25, 0.3) is 0 Å². The molecule has 20 heavy (non-hydrogen) atoms. The minimum atomic E-state index is -4.43. The summed E-state index contributed by atoms with van der Waals surface area (Å²) in [4.78, 5) is 22.4. The summed E-state index contributed by atoms with van der Waals surface area (Å²) in [7, 11) is 0. The fourth-order valence-corrected chi connectivity index (χ4v) is 2.31. The number of aliphatic carboxylic acids is 1. The molecule has 1 heterocycles. The lowest BCUT2D eigenvalue weighted by molar-refractivity contribution is -0.146. The summed E-state index contributed by atoms with van der Waals surface area (Å²) in [6, 6.07) is 4.37. The zero-order valence-corrected chi connectivity index (χ0v) is 10.3. The number of alkyl halides is 3. The first-order valence-corrected chi connectivity index (χ1v) is 5.95.